The van der Waals surface area contributed by atoms with Crippen molar-refractivity contribution >= 4 is 40.2 Å². The number of aliphatic carboxylic acids is 1. The average molecular weight is 374 g/mol. The molecule has 0 aliphatic rings. The number of hydrogen-bond acceptors (Lipinski definition) is 2. The summed E-state index contributed by atoms with van der Waals surface area (Å²) in [5, 5.41) is 8.85. The summed E-state index contributed by atoms with van der Waals surface area (Å²) in [5.74, 6) is -6.56. The number of nitrogens with one attached hydrogen (secondary N) is 1. The van der Waals surface area contributed by atoms with Gasteiger partial charge in [-0.3, -0.25) is 0 Å². The predicted octanol–water partition coefficient (Wildman–Crippen LogP) is 3.81. The van der Waals surface area contributed by atoms with Gasteiger partial charge in [0, 0.05) is 10.0 Å². The Hall–Kier alpha value is -0.760. The lowest BCUT2D eigenvalue weighted by Crippen LogP contribution is -2.47. The molecule has 0 saturated carbocycles. The number of rotatable bonds is 5. The quantitative estimate of drug-likeness (QED) is 0.824. The van der Waals surface area contributed by atoms with Crippen LogP contribution in [0.5, 0.6) is 0 Å². The third kappa shape index (κ3) is 4.38. The summed E-state index contributed by atoms with van der Waals surface area (Å²) in [6.07, 6.45) is 0. The van der Waals surface area contributed by atoms with Gasteiger partial charge in [-0.05, 0) is 38.5 Å². The van der Waals surface area contributed by atoms with Crippen LogP contribution in [0.15, 0.2) is 18.2 Å². The van der Waals surface area contributed by atoms with Gasteiger partial charge in [-0.2, -0.15) is 8.78 Å². The molecule has 0 saturated heterocycles. The van der Waals surface area contributed by atoms with Crippen LogP contribution in [0.2, 0.25) is 10.0 Å². The van der Waals surface area contributed by atoms with Gasteiger partial charge in [0.15, 0.2) is 0 Å². The van der Waals surface area contributed by atoms with Gasteiger partial charge in [0.05, 0.1) is 15.7 Å². The van der Waals surface area contributed by atoms with Crippen LogP contribution in [0.1, 0.15) is 32.4 Å². The number of benzene rings is 1. The average Bonchev–Trinajstić information content (AvgIpc) is 2.34. The highest BCUT2D eigenvalue weighted by Crippen LogP contribution is 2.37. The van der Waals surface area contributed by atoms with Crippen molar-refractivity contribution in [3.05, 3.63) is 33.8 Å². The molecule has 0 unspecified atom stereocenters. The zero-order chi connectivity index (χ0) is 17.3. The normalized spacial score (nSPS) is 15.4. The van der Waals surface area contributed by atoms with Gasteiger partial charge in [0.25, 0.3) is 0 Å². The van der Waals surface area contributed by atoms with E-state index in [1.165, 1.54) is 18.2 Å². The fraction of sp³-hybridized carbons (Fsp3) is 0.462. The second-order valence-corrected chi connectivity index (χ2v) is 8.37. The molecular weight excluding hydrogens is 359 g/mol. The van der Waals surface area contributed by atoms with Crippen LogP contribution >= 0.6 is 23.2 Å². The molecule has 124 valence electrons. The molecule has 0 radical (unpaired) electrons. The molecule has 0 aliphatic carbocycles. The summed E-state index contributed by atoms with van der Waals surface area (Å²) in [7, 11) is -1.93. The summed E-state index contributed by atoms with van der Waals surface area (Å²) in [4.78, 5) is 10.9. The monoisotopic (exact) mass is 373 g/mol. The fourth-order valence-corrected chi connectivity index (χ4v) is 2.84. The Labute approximate surface area is 139 Å². The van der Waals surface area contributed by atoms with E-state index in [9.17, 15) is 17.8 Å². The number of carbonyl (C=O) groups is 1. The minimum Gasteiger partial charge on any atom is -0.477 e. The minimum atomic E-state index is -4.21. The van der Waals surface area contributed by atoms with Crippen molar-refractivity contribution in [1.29, 1.82) is 0 Å². The van der Waals surface area contributed by atoms with Crippen molar-refractivity contribution in [3.63, 3.8) is 0 Å². The molecule has 0 fully saturated rings. The van der Waals surface area contributed by atoms with Gasteiger partial charge >= 0.3 is 11.9 Å². The molecule has 2 atom stereocenters. The van der Waals surface area contributed by atoms with E-state index < -0.39 is 33.7 Å². The molecule has 9 heteroatoms. The van der Waals surface area contributed by atoms with Gasteiger partial charge in [-0.1, -0.05) is 29.3 Å². The molecule has 1 rings (SSSR count). The smallest absolute Gasteiger partial charge is 0.376 e. The van der Waals surface area contributed by atoms with Crippen LogP contribution < -0.4 is 4.72 Å². The molecule has 0 bridgehead atoms. The van der Waals surface area contributed by atoms with Crippen LogP contribution in [-0.2, 0) is 15.8 Å². The summed E-state index contributed by atoms with van der Waals surface area (Å²) in [5.41, 5.74) is -0.198. The lowest BCUT2D eigenvalue weighted by Gasteiger charge is -2.28. The van der Waals surface area contributed by atoms with E-state index in [1.54, 1.807) is 20.8 Å². The predicted molar refractivity (Wildman–Crippen MR) is 82.8 cm³/mol. The maximum atomic E-state index is 14.0. The topological polar surface area (TPSA) is 66.4 Å². The highest BCUT2D eigenvalue weighted by molar-refractivity contribution is 7.84. The summed E-state index contributed by atoms with van der Waals surface area (Å²) >= 11 is 11.6. The van der Waals surface area contributed by atoms with Gasteiger partial charge in [-0.15, -0.1) is 0 Å². The third-order valence-electron chi connectivity index (χ3n) is 2.70. The van der Waals surface area contributed by atoms with Crippen molar-refractivity contribution in [2.75, 3.05) is 0 Å². The van der Waals surface area contributed by atoms with E-state index in [4.69, 9.17) is 28.3 Å². The molecule has 0 spiro atoms. The highest BCUT2D eigenvalue weighted by Gasteiger charge is 2.50. The Morgan fingerprint density at radius 2 is 1.86 bits per heavy atom. The van der Waals surface area contributed by atoms with Crippen LogP contribution in [0, 0.1) is 0 Å². The van der Waals surface area contributed by atoms with Gasteiger partial charge < -0.3 is 5.11 Å². The van der Waals surface area contributed by atoms with Gasteiger partial charge in [0.2, 0.25) is 0 Å². The van der Waals surface area contributed by atoms with Crippen molar-refractivity contribution < 1.29 is 22.9 Å². The zero-order valence-corrected chi connectivity index (χ0v) is 14.3. The number of hydrogen-bond donors (Lipinski definition) is 2. The molecule has 1 aromatic rings. The SMILES string of the molecule is CC(C)(C)[S@@](=O)N[C@@H](c1ccc(Cl)cc1Cl)C(F)(F)C(=O)O. The molecule has 2 N–H and O–H groups in total. The van der Waals surface area contributed by atoms with E-state index in [2.05, 4.69) is 4.72 Å². The van der Waals surface area contributed by atoms with E-state index >= 15 is 0 Å². The number of alkyl halides is 2. The molecular formula is C13H15Cl2F2NO3S. The van der Waals surface area contributed by atoms with Crippen molar-refractivity contribution in [1.82, 2.24) is 4.72 Å². The molecule has 1 aromatic carbocycles. The number of carboxylic acid groups (broad SMARTS) is 1. The maximum absolute atomic E-state index is 14.0. The standard InChI is InChI=1S/C13H15Cl2F2NO3S/c1-12(2,3)22(21)18-10(13(16,17)11(19)20)8-5-4-7(14)6-9(8)15/h4-6,10,18H,1-3H3,(H,19,20)/t10-,22+/m0/s1. The molecule has 0 heterocycles. The number of halogens is 4. The van der Waals surface area contributed by atoms with E-state index in [0.717, 1.165) is 0 Å². The first-order chi connectivity index (χ1) is 9.87. The van der Waals surface area contributed by atoms with Gasteiger partial charge in [-0.25, -0.2) is 13.7 Å². The molecule has 4 nitrogen and oxygen atoms in total. The van der Waals surface area contributed by atoms with E-state index in [1.807, 2.05) is 0 Å². The van der Waals surface area contributed by atoms with Crippen LogP contribution in [0.25, 0.3) is 0 Å². The third-order valence-corrected chi connectivity index (χ3v) is 4.83. The Morgan fingerprint density at radius 3 is 2.27 bits per heavy atom. The van der Waals surface area contributed by atoms with Crippen LogP contribution in [0.3, 0.4) is 0 Å². The van der Waals surface area contributed by atoms with Crippen LogP contribution in [-0.4, -0.2) is 26.0 Å². The molecule has 0 aromatic heterocycles. The molecule has 0 amide bonds. The second-order valence-electron chi connectivity index (χ2n) is 5.53. The summed E-state index contributed by atoms with van der Waals surface area (Å²) in [6, 6.07) is 1.63. The van der Waals surface area contributed by atoms with Crippen LogP contribution in [0.4, 0.5) is 8.78 Å². The Kier molecular flexibility index (Phi) is 5.94. The largest absolute Gasteiger partial charge is 0.477 e. The van der Waals surface area contributed by atoms with E-state index in [-0.39, 0.29) is 15.6 Å². The first kappa shape index (κ1) is 19.3. The second kappa shape index (κ2) is 6.78. The van der Waals surface area contributed by atoms with Crippen molar-refractivity contribution in [3.8, 4) is 0 Å². The highest BCUT2D eigenvalue weighted by atomic mass is 35.5. The molecule has 22 heavy (non-hydrogen) atoms. The summed E-state index contributed by atoms with van der Waals surface area (Å²) < 4.78 is 41.5. The minimum absolute atomic E-state index is 0.142. The Bertz CT molecular complexity index is 605. The first-order valence-electron chi connectivity index (χ1n) is 6.11. The summed E-state index contributed by atoms with van der Waals surface area (Å²) in [6.45, 7) is 4.70. The zero-order valence-electron chi connectivity index (χ0n) is 12.0. The van der Waals surface area contributed by atoms with Crippen molar-refractivity contribution in [2.24, 2.45) is 0 Å². The molecule has 0 aliphatic heterocycles. The fourth-order valence-electron chi connectivity index (χ4n) is 1.48. The lowest BCUT2D eigenvalue weighted by molar-refractivity contribution is -0.168. The lowest BCUT2D eigenvalue weighted by atomic mass is 10.0. The Balaban J connectivity index is 3.35. The number of carboxylic acids is 1. The Morgan fingerprint density at radius 1 is 1.32 bits per heavy atom. The van der Waals surface area contributed by atoms with Crippen molar-refractivity contribution in [2.45, 2.75) is 37.5 Å². The van der Waals surface area contributed by atoms with Gasteiger partial charge in [0.1, 0.15) is 6.04 Å². The van der Waals surface area contributed by atoms with E-state index in [0.29, 0.717) is 0 Å². The first-order valence-corrected chi connectivity index (χ1v) is 8.02. The maximum Gasteiger partial charge on any atom is 0.376 e.